The lowest BCUT2D eigenvalue weighted by atomic mass is 10.0. The molecule has 46 heavy (non-hydrogen) atoms. The second-order valence-corrected chi connectivity index (χ2v) is 12.3. The van der Waals surface area contributed by atoms with Gasteiger partial charge in [-0.05, 0) is 63.5 Å². The fourth-order valence-corrected chi connectivity index (χ4v) is 5.32. The summed E-state index contributed by atoms with van der Waals surface area (Å²) in [5.41, 5.74) is 5.94. The number of carboxylic acid groups (broad SMARTS) is 2. The highest BCUT2D eigenvalue weighted by Crippen LogP contribution is 2.39. The van der Waals surface area contributed by atoms with Crippen LogP contribution in [-0.4, -0.2) is 94.3 Å². The van der Waals surface area contributed by atoms with Crippen LogP contribution in [0.4, 0.5) is 29.3 Å². The summed E-state index contributed by atoms with van der Waals surface area (Å²) in [4.78, 5) is 36.5. The van der Waals surface area contributed by atoms with Gasteiger partial charge >= 0.3 is 24.1 Å². The molecular weight excluding hydrogens is 658 g/mol. The van der Waals surface area contributed by atoms with Crippen molar-refractivity contribution < 1.29 is 47.6 Å². The number of aliphatic carboxylic acids is 2. The normalized spacial score (nSPS) is 19.3. The fraction of sp³-hybridized carbons (Fsp3) is 0.483. The average Bonchev–Trinajstić information content (AvgIpc) is 3.31. The number of likely N-dealkylation sites (tertiary alicyclic amines) is 1. The van der Waals surface area contributed by atoms with Gasteiger partial charge in [-0.1, -0.05) is 35.3 Å². The molecule has 0 saturated carbocycles. The van der Waals surface area contributed by atoms with Crippen molar-refractivity contribution in [3.05, 3.63) is 52.0 Å². The van der Waals surface area contributed by atoms with E-state index in [0.29, 0.717) is 24.5 Å². The Hall–Kier alpha value is -3.50. The first-order chi connectivity index (χ1) is 21.4. The smallest absolute Gasteiger partial charge is 0.478 e. The Labute approximate surface area is 273 Å². The molecular formula is C29H36Cl2F3N5O7. The number of β-amino-alcohol motifs (C(OH)–C–C–N with tert-alkyl or cyclic N) is 1. The average molecular weight is 695 g/mol. The number of alkyl halides is 3. The van der Waals surface area contributed by atoms with Gasteiger partial charge in [-0.3, -0.25) is 4.90 Å². The zero-order chi connectivity index (χ0) is 34.4. The van der Waals surface area contributed by atoms with Crippen LogP contribution in [0, 0.1) is 0 Å². The first kappa shape index (κ1) is 37.0. The summed E-state index contributed by atoms with van der Waals surface area (Å²) in [5, 5.41) is 34.5. The van der Waals surface area contributed by atoms with Crippen LogP contribution in [0.25, 0.3) is 0 Å². The van der Waals surface area contributed by atoms with Crippen LogP contribution < -0.4 is 26.0 Å². The van der Waals surface area contributed by atoms with Gasteiger partial charge in [0.2, 0.25) is 0 Å². The molecule has 2 amide bonds. The number of rotatable bonds is 9. The van der Waals surface area contributed by atoms with Crippen molar-refractivity contribution in [2.45, 2.75) is 63.2 Å². The van der Waals surface area contributed by atoms with Gasteiger partial charge in [0.1, 0.15) is 5.75 Å². The molecule has 2 aromatic carbocycles. The van der Waals surface area contributed by atoms with E-state index < -0.39 is 35.9 Å². The zero-order valence-electron chi connectivity index (χ0n) is 25.0. The van der Waals surface area contributed by atoms with E-state index in [9.17, 15) is 33.0 Å². The summed E-state index contributed by atoms with van der Waals surface area (Å²) < 4.78 is 37.4. The summed E-state index contributed by atoms with van der Waals surface area (Å²) in [5.74, 6) is -3.76. The van der Waals surface area contributed by atoms with Gasteiger partial charge in [0.15, 0.2) is 5.60 Å². The predicted molar refractivity (Wildman–Crippen MR) is 166 cm³/mol. The van der Waals surface area contributed by atoms with Gasteiger partial charge in [-0.25, -0.2) is 14.4 Å². The van der Waals surface area contributed by atoms with E-state index in [1.54, 1.807) is 6.07 Å². The van der Waals surface area contributed by atoms with E-state index in [1.165, 1.54) is 25.5 Å². The number of piperidine rings is 1. The predicted octanol–water partition coefficient (Wildman–Crippen LogP) is 4.16. The maximum Gasteiger partial charge on any atom is 0.490 e. The number of urea groups is 1. The lowest BCUT2D eigenvalue weighted by molar-refractivity contribution is -0.192. The molecule has 2 aliphatic heterocycles. The number of anilines is 2. The highest BCUT2D eigenvalue weighted by Gasteiger charge is 2.38. The van der Waals surface area contributed by atoms with Gasteiger partial charge in [-0.15, -0.1) is 0 Å². The van der Waals surface area contributed by atoms with Crippen molar-refractivity contribution in [2.75, 3.05) is 36.4 Å². The fourth-order valence-electron chi connectivity index (χ4n) is 4.99. The van der Waals surface area contributed by atoms with E-state index in [4.69, 9.17) is 43.6 Å². The summed E-state index contributed by atoms with van der Waals surface area (Å²) in [6, 6.07) is 10.2. The summed E-state index contributed by atoms with van der Waals surface area (Å²) in [6.07, 6.45) is -3.84. The Morgan fingerprint density at radius 2 is 1.61 bits per heavy atom. The molecule has 254 valence electrons. The number of nitrogens with zero attached hydrogens (tertiary/aromatic N) is 2. The number of nitrogens with two attached hydrogens (primary N) is 1. The molecule has 1 unspecified atom stereocenters. The number of amides is 2. The second-order valence-electron chi connectivity index (χ2n) is 11.4. The highest BCUT2D eigenvalue weighted by molar-refractivity contribution is 6.32. The molecule has 12 nitrogen and oxygen atoms in total. The highest BCUT2D eigenvalue weighted by atomic mass is 35.5. The van der Waals surface area contributed by atoms with Crippen LogP contribution in [0.5, 0.6) is 5.75 Å². The Balaban J connectivity index is 0.000000738. The van der Waals surface area contributed by atoms with Crippen LogP contribution in [0.1, 0.15) is 32.3 Å². The van der Waals surface area contributed by atoms with Crippen LogP contribution >= 0.6 is 23.2 Å². The number of aliphatic hydroxyl groups excluding tert-OH is 1. The number of aliphatic hydroxyl groups is 1. The number of carbonyl (C=O) groups excluding carboxylic acids is 1. The van der Waals surface area contributed by atoms with Crippen LogP contribution in [0.15, 0.2) is 36.4 Å². The van der Waals surface area contributed by atoms with Gasteiger partial charge in [0.25, 0.3) is 0 Å². The second kappa shape index (κ2) is 15.4. The lowest BCUT2D eigenvalue weighted by Crippen LogP contribution is -2.49. The molecule has 7 N–H and O–H groups in total. The van der Waals surface area contributed by atoms with Crippen molar-refractivity contribution >= 4 is 52.5 Å². The number of hydrogen-bond donors (Lipinski definition) is 6. The molecule has 2 aliphatic rings. The minimum absolute atomic E-state index is 0.122. The number of ether oxygens (including phenoxy) is 1. The molecule has 0 radical (unpaired) electrons. The van der Waals surface area contributed by atoms with Crippen molar-refractivity contribution in [1.82, 2.24) is 10.2 Å². The van der Waals surface area contributed by atoms with E-state index in [0.717, 1.165) is 37.5 Å². The third kappa shape index (κ3) is 10.5. The Morgan fingerprint density at radius 1 is 1.02 bits per heavy atom. The molecule has 0 bridgehead atoms. The van der Waals surface area contributed by atoms with E-state index >= 15 is 0 Å². The van der Waals surface area contributed by atoms with Crippen molar-refractivity contribution in [2.24, 2.45) is 5.73 Å². The largest absolute Gasteiger partial charge is 0.490 e. The summed E-state index contributed by atoms with van der Waals surface area (Å²) in [6.45, 7) is 6.35. The molecule has 2 fully saturated rings. The number of hydrogen-bond acceptors (Lipinski definition) is 8. The number of nitrogens with one attached hydrogen (secondary N) is 2. The van der Waals surface area contributed by atoms with E-state index in [2.05, 4.69) is 15.5 Å². The molecule has 0 spiro atoms. The molecule has 2 saturated heterocycles. The molecule has 17 heteroatoms. The number of halogens is 5. The van der Waals surface area contributed by atoms with Gasteiger partial charge < -0.3 is 41.3 Å². The Bertz CT molecular complexity index is 1390. The zero-order valence-corrected chi connectivity index (χ0v) is 26.5. The first-order valence-electron chi connectivity index (χ1n) is 14.1. The molecule has 0 aliphatic carbocycles. The number of carboxylic acids is 2. The molecule has 2 heterocycles. The van der Waals surface area contributed by atoms with Crippen molar-refractivity contribution in [3.8, 4) is 5.75 Å². The van der Waals surface area contributed by atoms with Crippen LogP contribution in [-0.2, 0) is 16.1 Å². The minimum Gasteiger partial charge on any atom is -0.478 e. The van der Waals surface area contributed by atoms with Gasteiger partial charge in [-0.2, -0.15) is 13.2 Å². The van der Waals surface area contributed by atoms with Gasteiger partial charge in [0.05, 0.1) is 28.5 Å². The molecule has 4 rings (SSSR count). The monoisotopic (exact) mass is 693 g/mol. The lowest BCUT2D eigenvalue weighted by Gasteiger charge is -2.34. The number of benzene rings is 2. The number of carbonyl (C=O) groups is 3. The summed E-state index contributed by atoms with van der Waals surface area (Å²) >= 11 is 12.4. The van der Waals surface area contributed by atoms with E-state index in [-0.39, 0.29) is 22.9 Å². The standard InChI is InChI=1S/C27H35Cl2N5O5.C2HF3O2/c1-27(2,25(36)37)39-24-12-22(20(11-19(24)29)32-26(30)38)34-14-21(23(35)15-34)31-18-7-9-33(10-8-18)13-16-3-5-17(28)6-4-16;3-2(4,5)1(6)7/h3-6,11-12,18,21,23,31,35H,7-10,13-15H2,1-2H3,(H,36,37)(H3,30,32,38);(H,6,7)/t21?,23-;/m1./s1. The number of primary amides is 1. The minimum atomic E-state index is -5.08. The molecule has 2 atom stereocenters. The SMILES string of the molecule is CC(C)(Oc1cc(N2CC(NC3CCN(Cc4ccc(Cl)cc4)CC3)[C@H](O)C2)c(NC(N)=O)cc1Cl)C(=O)O.O=C(O)C(F)(F)F. The Kier molecular flexibility index (Phi) is 12.4. The maximum absolute atomic E-state index is 11.7. The van der Waals surface area contributed by atoms with Crippen molar-refractivity contribution in [1.29, 1.82) is 0 Å². The molecule has 0 aromatic heterocycles. The quantitative estimate of drug-likeness (QED) is 0.223. The summed E-state index contributed by atoms with van der Waals surface area (Å²) in [7, 11) is 0. The third-order valence-electron chi connectivity index (χ3n) is 7.42. The van der Waals surface area contributed by atoms with E-state index in [1.807, 2.05) is 29.2 Å². The van der Waals surface area contributed by atoms with Crippen LogP contribution in [0.3, 0.4) is 0 Å². The van der Waals surface area contributed by atoms with Crippen LogP contribution in [0.2, 0.25) is 10.0 Å². The topological polar surface area (TPSA) is 178 Å². The van der Waals surface area contributed by atoms with Crippen molar-refractivity contribution in [3.63, 3.8) is 0 Å². The van der Waals surface area contributed by atoms with Gasteiger partial charge in [0, 0.05) is 36.8 Å². The third-order valence-corrected chi connectivity index (χ3v) is 7.96. The molecule has 2 aromatic rings. The first-order valence-corrected chi connectivity index (χ1v) is 14.9. The Morgan fingerprint density at radius 3 is 2.13 bits per heavy atom. The maximum atomic E-state index is 11.7.